The van der Waals surface area contributed by atoms with E-state index in [1.54, 1.807) is 0 Å². The third-order valence-corrected chi connectivity index (χ3v) is 4.93. The normalized spacial score (nSPS) is 10.4. The first-order chi connectivity index (χ1) is 16.4. The number of nitrogens with one attached hydrogen (secondary N) is 2. The summed E-state index contributed by atoms with van der Waals surface area (Å²) in [4.78, 5) is 43.4. The Hall–Kier alpha value is -4.21. The lowest BCUT2D eigenvalue weighted by molar-refractivity contribution is -0.121. The Balaban J connectivity index is 1.53. The van der Waals surface area contributed by atoms with Crippen LogP contribution in [0.15, 0.2) is 55.1 Å². The summed E-state index contributed by atoms with van der Waals surface area (Å²) >= 11 is 0. The van der Waals surface area contributed by atoms with E-state index >= 15 is 0 Å². The SMILES string of the molecule is COC(=O)c1c(F)cccc1-c1ccc(CNC(=O)CCCNC(=O)c2cncnc2)c(F)c1. The highest BCUT2D eigenvalue weighted by Gasteiger charge is 2.19. The fraction of sp³-hybridized carbons (Fsp3) is 0.208. The molecule has 10 heteroatoms. The number of ether oxygens (including phenoxy) is 1. The van der Waals surface area contributed by atoms with Crippen LogP contribution in [0.5, 0.6) is 0 Å². The Morgan fingerprint density at radius 3 is 2.47 bits per heavy atom. The summed E-state index contributed by atoms with van der Waals surface area (Å²) in [5, 5.41) is 5.28. The molecule has 1 aromatic heterocycles. The summed E-state index contributed by atoms with van der Waals surface area (Å²) in [6.07, 6.45) is 4.62. The largest absolute Gasteiger partial charge is 0.465 e. The van der Waals surface area contributed by atoms with Crippen LogP contribution in [-0.4, -0.2) is 41.4 Å². The summed E-state index contributed by atoms with van der Waals surface area (Å²) in [7, 11) is 1.14. The highest BCUT2D eigenvalue weighted by molar-refractivity contribution is 5.97. The average molecular weight is 468 g/mol. The topological polar surface area (TPSA) is 110 Å². The number of esters is 1. The molecule has 2 amide bonds. The monoisotopic (exact) mass is 468 g/mol. The molecule has 0 aliphatic heterocycles. The van der Waals surface area contributed by atoms with Crippen molar-refractivity contribution in [1.29, 1.82) is 0 Å². The van der Waals surface area contributed by atoms with Crippen LogP contribution in [0.1, 0.15) is 39.1 Å². The van der Waals surface area contributed by atoms with Gasteiger partial charge in [-0.2, -0.15) is 0 Å². The van der Waals surface area contributed by atoms with Crippen LogP contribution in [0.2, 0.25) is 0 Å². The number of benzene rings is 2. The van der Waals surface area contributed by atoms with Gasteiger partial charge in [-0.05, 0) is 29.7 Å². The third-order valence-electron chi connectivity index (χ3n) is 4.93. The van der Waals surface area contributed by atoms with E-state index in [0.29, 0.717) is 17.5 Å². The molecule has 0 fully saturated rings. The van der Waals surface area contributed by atoms with Gasteiger partial charge in [0.1, 0.15) is 23.5 Å². The second-order valence-electron chi connectivity index (χ2n) is 7.22. The zero-order valence-electron chi connectivity index (χ0n) is 18.3. The fourth-order valence-corrected chi connectivity index (χ4v) is 3.18. The van der Waals surface area contributed by atoms with Crippen LogP contribution in [-0.2, 0) is 16.1 Å². The first-order valence-electron chi connectivity index (χ1n) is 10.4. The van der Waals surface area contributed by atoms with E-state index in [1.807, 2.05) is 0 Å². The third kappa shape index (κ3) is 6.18. The van der Waals surface area contributed by atoms with Gasteiger partial charge in [0.2, 0.25) is 5.91 Å². The lowest BCUT2D eigenvalue weighted by Crippen LogP contribution is -2.27. The molecule has 0 aliphatic rings. The van der Waals surface area contributed by atoms with E-state index in [0.717, 1.165) is 13.2 Å². The van der Waals surface area contributed by atoms with E-state index < -0.39 is 17.6 Å². The van der Waals surface area contributed by atoms with Crippen molar-refractivity contribution >= 4 is 17.8 Å². The lowest BCUT2D eigenvalue weighted by atomic mass is 9.98. The maximum atomic E-state index is 14.6. The van der Waals surface area contributed by atoms with E-state index in [4.69, 9.17) is 0 Å². The van der Waals surface area contributed by atoms with Gasteiger partial charge in [0, 0.05) is 37.5 Å². The lowest BCUT2D eigenvalue weighted by Gasteiger charge is -2.11. The van der Waals surface area contributed by atoms with Crippen molar-refractivity contribution in [3.05, 3.63) is 83.4 Å². The molecule has 3 aromatic rings. The number of amides is 2. The molecule has 34 heavy (non-hydrogen) atoms. The number of aromatic nitrogens is 2. The van der Waals surface area contributed by atoms with E-state index in [9.17, 15) is 23.2 Å². The van der Waals surface area contributed by atoms with Crippen LogP contribution in [0.25, 0.3) is 11.1 Å². The van der Waals surface area contributed by atoms with Crippen molar-refractivity contribution in [2.45, 2.75) is 19.4 Å². The molecule has 0 unspecified atom stereocenters. The number of carbonyl (C=O) groups excluding carboxylic acids is 3. The fourth-order valence-electron chi connectivity index (χ4n) is 3.18. The van der Waals surface area contributed by atoms with E-state index in [2.05, 4.69) is 25.3 Å². The van der Waals surface area contributed by atoms with Crippen molar-refractivity contribution < 1.29 is 27.9 Å². The maximum absolute atomic E-state index is 14.6. The van der Waals surface area contributed by atoms with Crippen molar-refractivity contribution in [2.24, 2.45) is 0 Å². The highest BCUT2D eigenvalue weighted by atomic mass is 19.1. The minimum atomic E-state index is -0.863. The Morgan fingerprint density at radius 2 is 1.76 bits per heavy atom. The quantitative estimate of drug-likeness (QED) is 0.369. The number of nitrogens with zero attached hydrogens (tertiary/aromatic N) is 2. The number of rotatable bonds is 9. The van der Waals surface area contributed by atoms with Crippen molar-refractivity contribution in [2.75, 3.05) is 13.7 Å². The zero-order valence-corrected chi connectivity index (χ0v) is 18.3. The van der Waals surface area contributed by atoms with Crippen molar-refractivity contribution in [3.8, 4) is 11.1 Å². The molecule has 8 nitrogen and oxygen atoms in total. The van der Waals surface area contributed by atoms with Crippen LogP contribution in [0, 0.1) is 11.6 Å². The number of hydrogen-bond acceptors (Lipinski definition) is 6. The molecule has 176 valence electrons. The molecule has 1 heterocycles. The summed E-state index contributed by atoms with van der Waals surface area (Å²) in [5.41, 5.74) is 0.767. The molecule has 0 aliphatic carbocycles. The predicted octanol–water partition coefficient (Wildman–Crippen LogP) is 3.03. The van der Waals surface area contributed by atoms with E-state index in [1.165, 1.54) is 49.1 Å². The molecule has 0 spiro atoms. The van der Waals surface area contributed by atoms with Gasteiger partial charge >= 0.3 is 5.97 Å². The first-order valence-corrected chi connectivity index (χ1v) is 10.4. The molecule has 3 rings (SSSR count). The molecular weight excluding hydrogens is 446 g/mol. The summed E-state index contributed by atoms with van der Waals surface area (Å²) in [5.74, 6) is -2.89. The second-order valence-corrected chi connectivity index (χ2v) is 7.22. The van der Waals surface area contributed by atoms with Crippen LogP contribution in [0.4, 0.5) is 8.78 Å². The molecule has 0 saturated heterocycles. The van der Waals surface area contributed by atoms with Gasteiger partial charge in [0.25, 0.3) is 5.91 Å². The first kappa shape index (κ1) is 24.4. The number of methoxy groups -OCH3 is 1. The van der Waals surface area contributed by atoms with Crippen LogP contribution >= 0.6 is 0 Å². The van der Waals surface area contributed by atoms with Gasteiger partial charge in [0.05, 0.1) is 12.7 Å². The van der Waals surface area contributed by atoms with Crippen molar-refractivity contribution in [3.63, 3.8) is 0 Å². The van der Waals surface area contributed by atoms with Crippen LogP contribution in [0.3, 0.4) is 0 Å². The van der Waals surface area contributed by atoms with Gasteiger partial charge in [-0.1, -0.05) is 24.3 Å². The molecule has 2 N–H and O–H groups in total. The zero-order chi connectivity index (χ0) is 24.5. The summed E-state index contributed by atoms with van der Waals surface area (Å²) in [6, 6.07) is 8.20. The Morgan fingerprint density at radius 1 is 1.00 bits per heavy atom. The number of carbonyl (C=O) groups is 3. The van der Waals surface area contributed by atoms with Crippen molar-refractivity contribution in [1.82, 2.24) is 20.6 Å². The molecule has 0 bridgehead atoms. The highest BCUT2D eigenvalue weighted by Crippen LogP contribution is 2.28. The number of halogens is 2. The maximum Gasteiger partial charge on any atom is 0.341 e. The minimum Gasteiger partial charge on any atom is -0.465 e. The predicted molar refractivity (Wildman–Crippen MR) is 119 cm³/mol. The van der Waals surface area contributed by atoms with Gasteiger partial charge in [-0.3, -0.25) is 9.59 Å². The van der Waals surface area contributed by atoms with E-state index in [-0.39, 0.29) is 48.0 Å². The molecule has 0 atom stereocenters. The molecule has 0 saturated carbocycles. The summed E-state index contributed by atoms with van der Waals surface area (Å²) < 4.78 is 33.4. The van der Waals surface area contributed by atoms with Crippen LogP contribution < -0.4 is 10.6 Å². The second kappa shape index (κ2) is 11.6. The average Bonchev–Trinajstić information content (AvgIpc) is 2.85. The summed E-state index contributed by atoms with van der Waals surface area (Å²) in [6.45, 7) is 0.228. The standard InChI is InChI=1S/C24H22F2N4O4/c1-34-24(33)22-18(4-2-5-19(22)25)15-7-8-16(20(26)10-15)13-30-21(31)6-3-9-29-23(32)17-11-27-14-28-12-17/h2,4-5,7-8,10-12,14H,3,6,9,13H2,1H3,(H,29,32)(H,30,31). The van der Waals surface area contributed by atoms with Gasteiger partial charge < -0.3 is 15.4 Å². The minimum absolute atomic E-state index is 0.0499. The smallest absolute Gasteiger partial charge is 0.341 e. The van der Waals surface area contributed by atoms with Gasteiger partial charge in [-0.15, -0.1) is 0 Å². The Labute approximate surface area is 194 Å². The molecule has 2 aromatic carbocycles. The molecular formula is C24H22F2N4O4. The Kier molecular flexibility index (Phi) is 8.33. The Bertz CT molecular complexity index is 1190. The van der Waals surface area contributed by atoms with Gasteiger partial charge in [0.15, 0.2) is 0 Å². The molecule has 0 radical (unpaired) electrons. The van der Waals surface area contributed by atoms with Gasteiger partial charge in [-0.25, -0.2) is 23.5 Å². The number of hydrogen-bond donors (Lipinski definition) is 2.